The molecule has 1 fully saturated rings. The Balaban J connectivity index is 1.99. The van der Waals surface area contributed by atoms with Crippen LogP contribution in [0.4, 0.5) is 5.69 Å². The molecule has 0 bridgehead atoms. The molecule has 1 aromatic rings. The highest BCUT2D eigenvalue weighted by molar-refractivity contribution is 9.08. The molecule has 0 radical (unpaired) electrons. The van der Waals surface area contributed by atoms with Gasteiger partial charge in [-0.05, 0) is 49.9 Å². The van der Waals surface area contributed by atoms with Gasteiger partial charge in [0, 0.05) is 30.7 Å². The summed E-state index contributed by atoms with van der Waals surface area (Å²) in [5.41, 5.74) is 4.10. The molecule has 0 unspecified atom stereocenters. The van der Waals surface area contributed by atoms with Gasteiger partial charge in [-0.3, -0.25) is 0 Å². The van der Waals surface area contributed by atoms with Crippen LogP contribution >= 0.6 is 15.9 Å². The van der Waals surface area contributed by atoms with Gasteiger partial charge in [0.2, 0.25) is 0 Å². The van der Waals surface area contributed by atoms with Crippen LogP contribution in [0.15, 0.2) is 18.2 Å². The predicted octanol–water partition coefficient (Wildman–Crippen LogP) is 3.90. The van der Waals surface area contributed by atoms with E-state index >= 15 is 0 Å². The molecule has 1 saturated heterocycles. The Morgan fingerprint density at radius 2 is 2.06 bits per heavy atom. The van der Waals surface area contributed by atoms with Gasteiger partial charge in [-0.25, -0.2) is 0 Å². The molecule has 0 amide bonds. The van der Waals surface area contributed by atoms with E-state index in [1.54, 1.807) is 0 Å². The summed E-state index contributed by atoms with van der Waals surface area (Å²) in [5, 5.41) is 0.936. The summed E-state index contributed by atoms with van der Waals surface area (Å²) in [7, 11) is 0. The largest absolute Gasteiger partial charge is 0.378 e. The van der Waals surface area contributed by atoms with Crippen molar-refractivity contribution in [2.75, 3.05) is 24.6 Å². The lowest BCUT2D eigenvalue weighted by atomic mass is 10.0. The van der Waals surface area contributed by atoms with E-state index in [9.17, 15) is 0 Å². The first kappa shape index (κ1) is 13.9. The standard InChI is InChI=1S/C15H22BrNO/c1-3-18-15-6-8-17(9-7-15)14-5-4-13(11-16)12(2)10-14/h4-5,10,15H,3,6-9,11H2,1-2H3. The molecule has 100 valence electrons. The van der Waals surface area contributed by atoms with E-state index in [1.165, 1.54) is 16.8 Å². The number of aryl methyl sites for hydroxylation is 1. The van der Waals surface area contributed by atoms with Crippen molar-refractivity contribution in [1.82, 2.24) is 0 Å². The Morgan fingerprint density at radius 1 is 1.33 bits per heavy atom. The molecule has 0 atom stereocenters. The maximum Gasteiger partial charge on any atom is 0.0608 e. The predicted molar refractivity (Wildman–Crippen MR) is 80.7 cm³/mol. The molecule has 3 heteroatoms. The monoisotopic (exact) mass is 311 g/mol. The number of anilines is 1. The maximum atomic E-state index is 5.69. The van der Waals surface area contributed by atoms with E-state index in [4.69, 9.17) is 4.74 Å². The first-order valence-corrected chi connectivity index (χ1v) is 7.88. The minimum Gasteiger partial charge on any atom is -0.378 e. The number of rotatable bonds is 4. The van der Waals surface area contributed by atoms with Crippen molar-refractivity contribution < 1.29 is 4.74 Å². The van der Waals surface area contributed by atoms with E-state index in [-0.39, 0.29) is 0 Å². The van der Waals surface area contributed by atoms with Gasteiger partial charge in [0.1, 0.15) is 0 Å². The Bertz CT molecular complexity index is 386. The van der Waals surface area contributed by atoms with E-state index in [0.717, 1.165) is 37.9 Å². The van der Waals surface area contributed by atoms with Crippen molar-refractivity contribution in [3.63, 3.8) is 0 Å². The first-order valence-electron chi connectivity index (χ1n) is 6.76. The second kappa shape index (κ2) is 6.58. The number of hydrogen-bond acceptors (Lipinski definition) is 2. The van der Waals surface area contributed by atoms with Gasteiger partial charge >= 0.3 is 0 Å². The van der Waals surface area contributed by atoms with Crippen molar-refractivity contribution in [2.24, 2.45) is 0 Å². The lowest BCUT2D eigenvalue weighted by Crippen LogP contribution is -2.37. The average Bonchev–Trinajstić information content (AvgIpc) is 2.40. The number of benzene rings is 1. The molecule has 0 aliphatic carbocycles. The SMILES string of the molecule is CCOC1CCN(c2ccc(CBr)c(C)c2)CC1. The van der Waals surface area contributed by atoms with E-state index in [2.05, 4.69) is 52.9 Å². The Labute approximate surface area is 118 Å². The van der Waals surface area contributed by atoms with Crippen LogP contribution in [-0.2, 0) is 10.1 Å². The summed E-state index contributed by atoms with van der Waals surface area (Å²) in [6.07, 6.45) is 2.76. The van der Waals surface area contributed by atoms with Crippen LogP contribution in [0.25, 0.3) is 0 Å². The van der Waals surface area contributed by atoms with Crippen LogP contribution in [0, 0.1) is 6.92 Å². The molecule has 2 rings (SSSR count). The fourth-order valence-electron chi connectivity index (χ4n) is 2.54. The number of ether oxygens (including phenoxy) is 1. The summed E-state index contributed by atoms with van der Waals surface area (Å²) in [4.78, 5) is 2.47. The van der Waals surface area contributed by atoms with Gasteiger partial charge in [0.05, 0.1) is 6.10 Å². The van der Waals surface area contributed by atoms with Gasteiger partial charge in [0.15, 0.2) is 0 Å². The molecule has 0 aromatic heterocycles. The van der Waals surface area contributed by atoms with Crippen LogP contribution in [-0.4, -0.2) is 25.8 Å². The molecular formula is C15H22BrNO. The zero-order chi connectivity index (χ0) is 13.0. The van der Waals surface area contributed by atoms with Gasteiger partial charge in [-0.1, -0.05) is 22.0 Å². The second-order valence-corrected chi connectivity index (χ2v) is 5.45. The smallest absolute Gasteiger partial charge is 0.0608 e. The Hall–Kier alpha value is -0.540. The first-order chi connectivity index (χ1) is 8.74. The van der Waals surface area contributed by atoms with Crippen molar-refractivity contribution in [2.45, 2.75) is 38.1 Å². The number of hydrogen-bond donors (Lipinski definition) is 0. The Kier molecular flexibility index (Phi) is 5.07. The molecule has 1 aliphatic rings. The minimum atomic E-state index is 0.467. The highest BCUT2D eigenvalue weighted by atomic mass is 79.9. The lowest BCUT2D eigenvalue weighted by Gasteiger charge is -2.33. The van der Waals surface area contributed by atoms with Crippen molar-refractivity contribution >= 4 is 21.6 Å². The summed E-state index contributed by atoms with van der Waals surface area (Å²) in [6.45, 7) is 7.32. The molecule has 1 aromatic carbocycles. The number of halogens is 1. The summed E-state index contributed by atoms with van der Waals surface area (Å²) < 4.78 is 5.69. The number of alkyl halides is 1. The minimum absolute atomic E-state index is 0.467. The third kappa shape index (κ3) is 3.27. The summed E-state index contributed by atoms with van der Waals surface area (Å²) >= 11 is 3.52. The van der Waals surface area contributed by atoms with Gasteiger partial charge < -0.3 is 9.64 Å². The lowest BCUT2D eigenvalue weighted by molar-refractivity contribution is 0.0459. The van der Waals surface area contributed by atoms with Crippen LogP contribution in [0.5, 0.6) is 0 Å². The van der Waals surface area contributed by atoms with Crippen LogP contribution in [0.1, 0.15) is 30.9 Å². The van der Waals surface area contributed by atoms with Crippen molar-refractivity contribution in [3.8, 4) is 0 Å². The van der Waals surface area contributed by atoms with Gasteiger partial charge in [0.25, 0.3) is 0 Å². The van der Waals surface area contributed by atoms with Crippen molar-refractivity contribution in [3.05, 3.63) is 29.3 Å². The molecule has 0 spiro atoms. The van der Waals surface area contributed by atoms with Crippen LogP contribution in [0.3, 0.4) is 0 Å². The Morgan fingerprint density at radius 3 is 2.61 bits per heavy atom. The molecule has 0 saturated carbocycles. The third-order valence-electron chi connectivity index (χ3n) is 3.68. The summed E-state index contributed by atoms with van der Waals surface area (Å²) in [6, 6.07) is 6.77. The third-order valence-corrected chi connectivity index (χ3v) is 4.28. The van der Waals surface area contributed by atoms with Gasteiger partial charge in [-0.15, -0.1) is 0 Å². The molecule has 1 heterocycles. The zero-order valence-corrected chi connectivity index (χ0v) is 12.9. The second-order valence-electron chi connectivity index (χ2n) is 4.89. The fraction of sp³-hybridized carbons (Fsp3) is 0.600. The average molecular weight is 312 g/mol. The highest BCUT2D eigenvalue weighted by Crippen LogP contribution is 2.24. The fourth-order valence-corrected chi connectivity index (χ4v) is 3.17. The molecule has 18 heavy (non-hydrogen) atoms. The summed E-state index contributed by atoms with van der Waals surface area (Å²) in [5.74, 6) is 0. The van der Waals surface area contributed by atoms with Crippen LogP contribution < -0.4 is 4.90 Å². The van der Waals surface area contributed by atoms with Crippen molar-refractivity contribution in [1.29, 1.82) is 0 Å². The molecule has 0 N–H and O–H groups in total. The number of piperidine rings is 1. The normalized spacial score (nSPS) is 17.2. The van der Waals surface area contributed by atoms with E-state index < -0.39 is 0 Å². The highest BCUT2D eigenvalue weighted by Gasteiger charge is 2.19. The molecule has 2 nitrogen and oxygen atoms in total. The molecule has 1 aliphatic heterocycles. The van der Waals surface area contributed by atoms with Gasteiger partial charge in [-0.2, -0.15) is 0 Å². The quantitative estimate of drug-likeness (QED) is 0.782. The van der Waals surface area contributed by atoms with Crippen LogP contribution in [0.2, 0.25) is 0 Å². The van der Waals surface area contributed by atoms with E-state index in [1.807, 2.05) is 0 Å². The molecular weight excluding hydrogens is 290 g/mol. The van der Waals surface area contributed by atoms with E-state index in [0.29, 0.717) is 6.10 Å². The topological polar surface area (TPSA) is 12.5 Å². The zero-order valence-electron chi connectivity index (χ0n) is 11.3. The number of nitrogens with zero attached hydrogens (tertiary/aromatic N) is 1. The maximum absolute atomic E-state index is 5.69.